The minimum absolute atomic E-state index is 0.149. The number of urea groups is 1. The summed E-state index contributed by atoms with van der Waals surface area (Å²) in [4.78, 5) is 13.1. The Hall–Kier alpha value is -1.84. The van der Waals surface area contributed by atoms with Gasteiger partial charge in [-0.3, -0.25) is 9.62 Å². The van der Waals surface area contributed by atoms with Crippen molar-refractivity contribution in [1.82, 2.24) is 10.0 Å². The smallest absolute Gasteiger partial charge is 0.321 e. The van der Waals surface area contributed by atoms with Crippen molar-refractivity contribution in [3.8, 4) is 0 Å². The van der Waals surface area contributed by atoms with Gasteiger partial charge in [-0.1, -0.05) is 0 Å². The highest BCUT2D eigenvalue weighted by Gasteiger charge is 2.20. The van der Waals surface area contributed by atoms with E-state index in [0.717, 1.165) is 5.69 Å². The summed E-state index contributed by atoms with van der Waals surface area (Å²) in [5.41, 5.74) is 1.14. The van der Waals surface area contributed by atoms with Gasteiger partial charge in [-0.25, -0.2) is 4.79 Å². The maximum Gasteiger partial charge on any atom is 0.321 e. The fraction of sp³-hybridized carbons (Fsp3) is 0.417. The molecular weight excluding hydrogens is 296 g/mol. The lowest BCUT2D eigenvalue weighted by atomic mass is 10.2. The third kappa shape index (κ3) is 4.31. The molecule has 2 amide bonds. The average molecular weight is 314 g/mol. The summed E-state index contributed by atoms with van der Waals surface area (Å²) in [7, 11) is -2.13. The van der Waals surface area contributed by atoms with Crippen LogP contribution in [0, 0.1) is 0 Å². The maximum atomic E-state index is 11.7. The Labute approximate surface area is 123 Å². The summed E-state index contributed by atoms with van der Waals surface area (Å²) in [6, 6.07) is 6.45. The molecule has 1 saturated heterocycles. The zero-order valence-corrected chi connectivity index (χ0v) is 12.4. The van der Waals surface area contributed by atoms with Crippen molar-refractivity contribution in [2.45, 2.75) is 0 Å². The molecule has 3 N–H and O–H groups in total. The molecule has 2 rings (SSSR count). The molecule has 0 aliphatic carbocycles. The van der Waals surface area contributed by atoms with Crippen molar-refractivity contribution in [3.05, 3.63) is 24.3 Å². The van der Waals surface area contributed by atoms with Gasteiger partial charge in [0.2, 0.25) is 0 Å². The highest BCUT2D eigenvalue weighted by atomic mass is 32.2. The van der Waals surface area contributed by atoms with E-state index >= 15 is 0 Å². The molecule has 1 aliphatic rings. The van der Waals surface area contributed by atoms with Crippen LogP contribution in [0.4, 0.5) is 16.2 Å². The van der Waals surface area contributed by atoms with E-state index in [1.54, 1.807) is 29.2 Å². The first-order valence-electron chi connectivity index (χ1n) is 6.43. The van der Waals surface area contributed by atoms with Gasteiger partial charge < -0.3 is 10.1 Å². The molecule has 1 heterocycles. The molecule has 21 heavy (non-hydrogen) atoms. The molecule has 9 heteroatoms. The second-order valence-corrected chi connectivity index (χ2v) is 5.92. The van der Waals surface area contributed by atoms with Gasteiger partial charge in [0.15, 0.2) is 0 Å². The van der Waals surface area contributed by atoms with E-state index < -0.39 is 10.2 Å². The lowest BCUT2D eigenvalue weighted by Gasteiger charge is -2.15. The van der Waals surface area contributed by atoms with E-state index in [1.165, 1.54) is 7.11 Å². The fourth-order valence-electron chi connectivity index (χ4n) is 1.90. The number of carbonyl (C=O) groups excluding carboxylic acids is 1. The molecule has 8 nitrogen and oxygen atoms in total. The van der Waals surface area contributed by atoms with Gasteiger partial charge in [0.05, 0.1) is 6.61 Å². The summed E-state index contributed by atoms with van der Waals surface area (Å²) < 4.78 is 32.9. The largest absolute Gasteiger partial charge is 0.383 e. The van der Waals surface area contributed by atoms with Crippen LogP contribution in [0.5, 0.6) is 0 Å². The van der Waals surface area contributed by atoms with E-state index in [0.29, 0.717) is 25.4 Å². The number of nitrogens with zero attached hydrogens (tertiary/aromatic N) is 1. The number of nitrogens with one attached hydrogen (secondary N) is 3. The zero-order valence-electron chi connectivity index (χ0n) is 11.6. The first-order chi connectivity index (χ1) is 10.0. The molecule has 0 atom stereocenters. The Kier molecular flexibility index (Phi) is 4.99. The molecule has 1 fully saturated rings. The predicted molar refractivity (Wildman–Crippen MR) is 79.6 cm³/mol. The van der Waals surface area contributed by atoms with Gasteiger partial charge in [0, 0.05) is 38.1 Å². The maximum absolute atomic E-state index is 11.7. The van der Waals surface area contributed by atoms with Crippen molar-refractivity contribution in [3.63, 3.8) is 0 Å². The highest BCUT2D eigenvalue weighted by molar-refractivity contribution is 7.90. The monoisotopic (exact) mass is 314 g/mol. The number of carbonyl (C=O) groups is 1. The van der Waals surface area contributed by atoms with Crippen LogP contribution in [0.25, 0.3) is 0 Å². The molecular formula is C12H18N4O4S. The lowest BCUT2D eigenvalue weighted by molar-refractivity contribution is 0.204. The number of ether oxygens (including phenoxy) is 1. The Balaban J connectivity index is 1.97. The fourth-order valence-corrected chi connectivity index (χ4v) is 2.77. The van der Waals surface area contributed by atoms with Gasteiger partial charge in [-0.15, -0.1) is 0 Å². The molecule has 1 aromatic rings. The molecule has 0 aromatic heterocycles. The SMILES string of the molecule is COCCNS(=O)(=O)Nc1ccc(N2CCNC2=O)cc1. The molecule has 0 spiro atoms. The van der Waals surface area contributed by atoms with Crippen LogP contribution in [0.1, 0.15) is 0 Å². The molecule has 0 saturated carbocycles. The Morgan fingerprint density at radius 2 is 2.05 bits per heavy atom. The van der Waals surface area contributed by atoms with Crippen molar-refractivity contribution in [2.24, 2.45) is 0 Å². The number of rotatable bonds is 7. The third-order valence-electron chi connectivity index (χ3n) is 2.89. The highest BCUT2D eigenvalue weighted by Crippen LogP contribution is 2.19. The third-order valence-corrected chi connectivity index (χ3v) is 3.97. The topological polar surface area (TPSA) is 99.8 Å². The van der Waals surface area contributed by atoms with Crippen molar-refractivity contribution in [2.75, 3.05) is 43.0 Å². The van der Waals surface area contributed by atoms with Crippen molar-refractivity contribution in [1.29, 1.82) is 0 Å². The predicted octanol–water partition coefficient (Wildman–Crippen LogP) is 0.109. The lowest BCUT2D eigenvalue weighted by Crippen LogP contribution is -2.32. The molecule has 116 valence electrons. The van der Waals surface area contributed by atoms with Gasteiger partial charge in [0.1, 0.15) is 0 Å². The second kappa shape index (κ2) is 6.74. The Morgan fingerprint density at radius 3 is 2.62 bits per heavy atom. The zero-order chi connectivity index (χ0) is 15.3. The van der Waals surface area contributed by atoms with Gasteiger partial charge in [-0.05, 0) is 24.3 Å². The molecule has 0 radical (unpaired) electrons. The van der Waals surface area contributed by atoms with Gasteiger partial charge in [-0.2, -0.15) is 13.1 Å². The van der Waals surface area contributed by atoms with E-state index in [1.807, 2.05) is 0 Å². The Bertz CT molecular complexity index is 588. The van der Waals surface area contributed by atoms with Crippen LogP contribution >= 0.6 is 0 Å². The summed E-state index contributed by atoms with van der Waals surface area (Å²) >= 11 is 0. The molecule has 1 aliphatic heterocycles. The number of benzene rings is 1. The molecule has 1 aromatic carbocycles. The summed E-state index contributed by atoms with van der Waals surface area (Å²) in [5, 5.41) is 2.70. The van der Waals surface area contributed by atoms with Crippen LogP contribution in [-0.2, 0) is 14.9 Å². The normalized spacial score (nSPS) is 15.1. The molecule has 0 bridgehead atoms. The summed E-state index contributed by atoms with van der Waals surface area (Å²) in [6.07, 6.45) is 0. The van der Waals surface area contributed by atoms with Gasteiger partial charge >= 0.3 is 6.03 Å². The van der Waals surface area contributed by atoms with Crippen LogP contribution in [0.3, 0.4) is 0 Å². The number of amides is 2. The number of methoxy groups -OCH3 is 1. The van der Waals surface area contributed by atoms with Gasteiger partial charge in [0.25, 0.3) is 10.2 Å². The first kappa shape index (κ1) is 15.5. The minimum atomic E-state index is -3.62. The van der Waals surface area contributed by atoms with Crippen LogP contribution in [0.2, 0.25) is 0 Å². The standard InChI is InChI=1S/C12H18N4O4S/c1-20-9-7-14-21(18,19)15-10-2-4-11(5-3-10)16-8-6-13-12(16)17/h2-5,14-15H,6-9H2,1H3,(H,13,17). The summed E-state index contributed by atoms with van der Waals surface area (Å²) in [5.74, 6) is 0. The number of hydrogen-bond acceptors (Lipinski definition) is 4. The number of hydrogen-bond donors (Lipinski definition) is 3. The molecule has 0 unspecified atom stereocenters. The average Bonchev–Trinajstić information content (AvgIpc) is 2.86. The quantitative estimate of drug-likeness (QED) is 0.622. The van der Waals surface area contributed by atoms with E-state index in [-0.39, 0.29) is 12.6 Å². The Morgan fingerprint density at radius 1 is 1.33 bits per heavy atom. The minimum Gasteiger partial charge on any atom is -0.383 e. The number of anilines is 2. The van der Waals surface area contributed by atoms with Crippen LogP contribution in [-0.4, -0.2) is 47.8 Å². The van der Waals surface area contributed by atoms with Crippen LogP contribution in [0.15, 0.2) is 24.3 Å². The van der Waals surface area contributed by atoms with Crippen molar-refractivity contribution < 1.29 is 17.9 Å². The first-order valence-corrected chi connectivity index (χ1v) is 7.92. The second-order valence-electron chi connectivity index (χ2n) is 4.42. The summed E-state index contributed by atoms with van der Waals surface area (Å²) in [6.45, 7) is 1.70. The van der Waals surface area contributed by atoms with E-state index in [2.05, 4.69) is 14.8 Å². The van der Waals surface area contributed by atoms with Crippen molar-refractivity contribution >= 4 is 27.6 Å². The van der Waals surface area contributed by atoms with E-state index in [4.69, 9.17) is 4.74 Å². The van der Waals surface area contributed by atoms with E-state index in [9.17, 15) is 13.2 Å². The van der Waals surface area contributed by atoms with Crippen LogP contribution < -0.4 is 19.7 Å².